The standard InChI is InChI=1S/C36H33F6N3O4/c1-21(2)24-10-11-31(48-3)30(14-24)33-25(9-8-23-6-4-5-7-29(23)33)19-45(34-43-16-28(17-44-34)49-20-32(46)47)18-22-12-26(35(37,38)39)15-27(13-22)36(40,41)42/h4-7,10-17,21H,8-9,18-20H2,1-3H3,(H,46,47). The Kier molecular flexibility index (Phi) is 10.2. The normalized spacial score (nSPS) is 13.3. The van der Waals surface area contributed by atoms with Crippen molar-refractivity contribution in [3.8, 4) is 11.5 Å². The van der Waals surface area contributed by atoms with Gasteiger partial charge in [0.05, 0.1) is 30.6 Å². The van der Waals surface area contributed by atoms with Crippen molar-refractivity contribution < 1.29 is 45.7 Å². The van der Waals surface area contributed by atoms with E-state index in [9.17, 15) is 31.1 Å². The molecule has 7 nitrogen and oxygen atoms in total. The van der Waals surface area contributed by atoms with Gasteiger partial charge < -0.3 is 19.5 Å². The molecule has 5 rings (SSSR count). The second-order valence-electron chi connectivity index (χ2n) is 11.9. The number of aromatic nitrogens is 2. The molecule has 1 aliphatic rings. The van der Waals surface area contributed by atoms with Crippen LogP contribution >= 0.6 is 0 Å². The molecule has 0 radical (unpaired) electrons. The van der Waals surface area contributed by atoms with E-state index in [0.29, 0.717) is 30.7 Å². The highest BCUT2D eigenvalue weighted by molar-refractivity contribution is 5.88. The molecular weight excluding hydrogens is 652 g/mol. The van der Waals surface area contributed by atoms with Crippen molar-refractivity contribution in [3.05, 3.63) is 118 Å². The lowest BCUT2D eigenvalue weighted by Crippen LogP contribution is -2.29. The molecule has 0 aliphatic heterocycles. The Balaban J connectivity index is 1.67. The minimum Gasteiger partial charge on any atom is -0.496 e. The van der Waals surface area contributed by atoms with Gasteiger partial charge in [0.2, 0.25) is 5.95 Å². The molecule has 13 heteroatoms. The molecule has 4 aromatic rings. The third-order valence-electron chi connectivity index (χ3n) is 8.16. The van der Waals surface area contributed by atoms with Gasteiger partial charge in [-0.25, -0.2) is 14.8 Å². The van der Waals surface area contributed by atoms with Crippen molar-refractivity contribution in [1.82, 2.24) is 9.97 Å². The number of carbonyl (C=O) groups is 1. The van der Waals surface area contributed by atoms with Crippen molar-refractivity contribution in [3.63, 3.8) is 0 Å². The van der Waals surface area contributed by atoms with Crippen molar-refractivity contribution in [2.75, 3.05) is 25.2 Å². The summed E-state index contributed by atoms with van der Waals surface area (Å²) in [6, 6.07) is 15.2. The topological polar surface area (TPSA) is 84.8 Å². The van der Waals surface area contributed by atoms with Crippen molar-refractivity contribution in [2.45, 2.75) is 51.5 Å². The molecule has 0 atom stereocenters. The molecule has 1 N–H and O–H groups in total. The second kappa shape index (κ2) is 14.2. The van der Waals surface area contributed by atoms with Crippen LogP contribution in [0, 0.1) is 0 Å². The van der Waals surface area contributed by atoms with E-state index in [1.807, 2.05) is 42.5 Å². The van der Waals surface area contributed by atoms with Gasteiger partial charge in [0.15, 0.2) is 12.4 Å². The average Bonchev–Trinajstić information content (AvgIpc) is 3.06. The molecule has 258 valence electrons. The van der Waals surface area contributed by atoms with Gasteiger partial charge in [-0.3, -0.25) is 0 Å². The molecule has 3 aromatic carbocycles. The summed E-state index contributed by atoms with van der Waals surface area (Å²) >= 11 is 0. The van der Waals surface area contributed by atoms with Gasteiger partial charge in [-0.15, -0.1) is 0 Å². The fraction of sp³-hybridized carbons (Fsp3) is 0.306. The quantitative estimate of drug-likeness (QED) is 0.158. The molecule has 0 saturated carbocycles. The minimum atomic E-state index is -5.03. The van der Waals surface area contributed by atoms with Crippen LogP contribution in [0.2, 0.25) is 0 Å². The molecule has 1 aromatic heterocycles. The summed E-state index contributed by atoms with van der Waals surface area (Å²) in [7, 11) is 1.56. The van der Waals surface area contributed by atoms with E-state index < -0.39 is 42.6 Å². The number of methoxy groups -OCH3 is 1. The maximum absolute atomic E-state index is 13.8. The van der Waals surface area contributed by atoms with Gasteiger partial charge in [-0.1, -0.05) is 44.2 Å². The number of aliphatic carboxylic acids is 1. The minimum absolute atomic E-state index is 0.0118. The first-order valence-corrected chi connectivity index (χ1v) is 15.3. The zero-order valence-electron chi connectivity index (χ0n) is 26.8. The number of aryl methyl sites for hydroxylation is 1. The number of alkyl halides is 6. The Labute approximate surface area is 278 Å². The van der Waals surface area contributed by atoms with Crippen LogP contribution in [0.5, 0.6) is 11.5 Å². The Morgan fingerprint density at radius 2 is 1.53 bits per heavy atom. The summed E-state index contributed by atoms with van der Waals surface area (Å²) in [5.74, 6) is -0.440. The van der Waals surface area contributed by atoms with E-state index in [4.69, 9.17) is 14.6 Å². The van der Waals surface area contributed by atoms with Gasteiger partial charge in [0.1, 0.15) is 5.75 Å². The number of benzene rings is 3. The second-order valence-corrected chi connectivity index (χ2v) is 11.9. The van der Waals surface area contributed by atoms with E-state index in [1.165, 1.54) is 17.3 Å². The summed E-state index contributed by atoms with van der Waals surface area (Å²) in [4.78, 5) is 21.0. The number of carboxylic acids is 1. The summed E-state index contributed by atoms with van der Waals surface area (Å²) in [5, 5.41) is 8.95. The molecule has 0 amide bonds. The molecule has 1 heterocycles. The Hall–Kier alpha value is -5.07. The van der Waals surface area contributed by atoms with Crippen LogP contribution in [0.3, 0.4) is 0 Å². The van der Waals surface area contributed by atoms with Gasteiger partial charge in [-0.05, 0) is 82.5 Å². The lowest BCUT2D eigenvalue weighted by atomic mass is 9.81. The number of fused-ring (bicyclic) bond motifs is 1. The number of ether oxygens (including phenoxy) is 2. The van der Waals surface area contributed by atoms with Crippen LogP contribution in [0.15, 0.2) is 78.6 Å². The number of halogens is 6. The summed E-state index contributed by atoms with van der Waals surface area (Å²) in [5.41, 5.74) is 2.42. The van der Waals surface area contributed by atoms with Gasteiger partial charge in [-0.2, -0.15) is 26.3 Å². The molecule has 0 unspecified atom stereocenters. The smallest absolute Gasteiger partial charge is 0.416 e. The van der Waals surface area contributed by atoms with Crippen LogP contribution < -0.4 is 14.4 Å². The maximum atomic E-state index is 13.8. The van der Waals surface area contributed by atoms with E-state index >= 15 is 0 Å². The number of nitrogens with zero attached hydrogens (tertiary/aromatic N) is 3. The number of carboxylic acid groups (broad SMARTS) is 1. The third kappa shape index (κ3) is 8.33. The van der Waals surface area contributed by atoms with Crippen LogP contribution in [-0.4, -0.2) is 41.3 Å². The lowest BCUT2D eigenvalue weighted by molar-refractivity contribution is -0.143. The average molecular weight is 686 g/mol. The molecule has 0 fully saturated rings. The third-order valence-corrected chi connectivity index (χ3v) is 8.16. The van der Waals surface area contributed by atoms with Gasteiger partial charge in [0.25, 0.3) is 0 Å². The predicted octanol–water partition coefficient (Wildman–Crippen LogP) is 8.56. The first kappa shape index (κ1) is 35.2. The number of anilines is 1. The molecular formula is C36H33F6N3O4. The summed E-state index contributed by atoms with van der Waals surface area (Å²) in [6.45, 7) is 3.07. The van der Waals surface area contributed by atoms with Gasteiger partial charge >= 0.3 is 18.3 Å². The SMILES string of the molecule is COc1ccc(C(C)C)cc1C1=C(CN(Cc2cc(C(F)(F)F)cc(C(F)(F)F)c2)c2ncc(OCC(=O)O)cn2)CCc2ccccc21. The van der Waals surface area contributed by atoms with Crippen molar-refractivity contribution >= 4 is 17.5 Å². The van der Waals surface area contributed by atoms with Crippen molar-refractivity contribution in [1.29, 1.82) is 0 Å². The first-order chi connectivity index (χ1) is 23.1. The zero-order chi connectivity index (χ0) is 35.5. The molecule has 0 saturated heterocycles. The number of hydrogen-bond donors (Lipinski definition) is 1. The first-order valence-electron chi connectivity index (χ1n) is 15.3. The lowest BCUT2D eigenvalue weighted by Gasteiger charge is -2.30. The molecule has 1 aliphatic carbocycles. The van der Waals surface area contributed by atoms with E-state index in [-0.39, 0.29) is 35.8 Å². The number of rotatable bonds is 11. The van der Waals surface area contributed by atoms with Crippen LogP contribution in [0.4, 0.5) is 32.3 Å². The van der Waals surface area contributed by atoms with E-state index in [1.54, 1.807) is 7.11 Å². The highest BCUT2D eigenvalue weighted by Gasteiger charge is 2.37. The molecule has 49 heavy (non-hydrogen) atoms. The fourth-order valence-corrected chi connectivity index (χ4v) is 5.81. The van der Waals surface area contributed by atoms with E-state index in [0.717, 1.165) is 33.4 Å². The van der Waals surface area contributed by atoms with Crippen molar-refractivity contribution in [2.24, 2.45) is 0 Å². The predicted molar refractivity (Wildman–Crippen MR) is 171 cm³/mol. The Morgan fingerprint density at radius 3 is 2.12 bits per heavy atom. The van der Waals surface area contributed by atoms with Gasteiger partial charge in [0, 0.05) is 18.7 Å². The van der Waals surface area contributed by atoms with Crippen LogP contribution in [-0.2, 0) is 30.1 Å². The maximum Gasteiger partial charge on any atom is 0.416 e. The highest BCUT2D eigenvalue weighted by atomic mass is 19.4. The monoisotopic (exact) mass is 685 g/mol. The number of hydrogen-bond acceptors (Lipinski definition) is 6. The van der Waals surface area contributed by atoms with Crippen LogP contribution in [0.25, 0.3) is 5.57 Å². The van der Waals surface area contributed by atoms with Crippen LogP contribution in [0.1, 0.15) is 65.1 Å². The Morgan fingerprint density at radius 1 is 0.878 bits per heavy atom. The molecule has 0 bridgehead atoms. The fourth-order valence-electron chi connectivity index (χ4n) is 5.81. The highest BCUT2D eigenvalue weighted by Crippen LogP contribution is 2.42. The summed E-state index contributed by atoms with van der Waals surface area (Å²) in [6.07, 6.45) is -6.49. The largest absolute Gasteiger partial charge is 0.496 e. The molecule has 0 spiro atoms. The van der Waals surface area contributed by atoms with E-state index in [2.05, 4.69) is 23.8 Å². The zero-order valence-corrected chi connectivity index (χ0v) is 26.8. The summed E-state index contributed by atoms with van der Waals surface area (Å²) < 4.78 is 93.7. The Bertz CT molecular complexity index is 1820.